The maximum absolute atomic E-state index is 12.3. The number of carbonyl (C=O) groups is 1. The fourth-order valence-corrected chi connectivity index (χ4v) is 3.17. The fourth-order valence-electron chi connectivity index (χ4n) is 2.46. The Balaban J connectivity index is 2.07. The van der Waals surface area contributed by atoms with E-state index in [-0.39, 0.29) is 11.7 Å². The third-order valence-corrected chi connectivity index (χ3v) is 4.95. The number of carbonyl (C=O) groups excluding carboxylic acids is 1. The summed E-state index contributed by atoms with van der Waals surface area (Å²) in [5.74, 6) is 2.85. The van der Waals surface area contributed by atoms with Crippen LogP contribution in [-0.4, -0.2) is 27.2 Å². The number of nitrogens with zero attached hydrogens (tertiary/aromatic N) is 2. The van der Waals surface area contributed by atoms with E-state index in [1.54, 1.807) is 0 Å². The van der Waals surface area contributed by atoms with Crippen LogP contribution in [0.2, 0.25) is 0 Å². The number of aromatic nitrogens is 2. The minimum atomic E-state index is -0.569. The van der Waals surface area contributed by atoms with Crippen LogP contribution in [0.15, 0.2) is 41.6 Å². The molecule has 0 unspecified atom stereocenters. The molecule has 0 radical (unpaired) electrons. The van der Waals surface area contributed by atoms with Crippen molar-refractivity contribution in [1.29, 1.82) is 0 Å². The first-order valence-corrected chi connectivity index (χ1v) is 9.33. The average molecular weight is 353 g/mol. The molecule has 4 nitrogen and oxygen atoms in total. The second-order valence-electron chi connectivity index (χ2n) is 5.81. The van der Waals surface area contributed by atoms with E-state index in [1.807, 2.05) is 57.2 Å². The standard InChI is InChI=1S/C20H23N3OS/c1-5-20(6-2,7-3)23-18(24)14-25-19-21-15(4)13-17(22-19)16-11-9-8-10-12-16/h1,8-13H,6-7,14H2,2-4H3,(H,23,24). The van der Waals surface area contributed by atoms with Crippen LogP contribution in [0.4, 0.5) is 0 Å². The molecule has 1 aromatic carbocycles. The number of benzene rings is 1. The van der Waals surface area contributed by atoms with E-state index in [0.717, 1.165) is 17.0 Å². The average Bonchev–Trinajstić information content (AvgIpc) is 2.65. The van der Waals surface area contributed by atoms with Gasteiger partial charge >= 0.3 is 0 Å². The van der Waals surface area contributed by atoms with Gasteiger partial charge in [0, 0.05) is 11.3 Å². The molecule has 2 rings (SSSR count). The van der Waals surface area contributed by atoms with Crippen molar-refractivity contribution in [2.75, 3.05) is 5.75 Å². The van der Waals surface area contributed by atoms with Gasteiger partial charge in [-0.25, -0.2) is 9.97 Å². The Bertz CT molecular complexity index is 764. The minimum Gasteiger partial charge on any atom is -0.339 e. The van der Waals surface area contributed by atoms with Gasteiger partial charge < -0.3 is 5.32 Å². The predicted molar refractivity (Wildman–Crippen MR) is 103 cm³/mol. The molecular formula is C20H23N3OS. The number of thioether (sulfide) groups is 1. The van der Waals surface area contributed by atoms with Gasteiger partial charge in [-0.15, -0.1) is 6.42 Å². The molecule has 0 aliphatic heterocycles. The van der Waals surface area contributed by atoms with Gasteiger partial charge in [0.25, 0.3) is 0 Å². The molecule has 0 saturated carbocycles. The molecule has 1 heterocycles. The van der Waals surface area contributed by atoms with Crippen molar-refractivity contribution >= 4 is 17.7 Å². The van der Waals surface area contributed by atoms with Crippen LogP contribution in [0.3, 0.4) is 0 Å². The SMILES string of the molecule is C#CC(CC)(CC)NC(=O)CSc1nc(C)cc(-c2ccccc2)n1. The van der Waals surface area contributed by atoms with E-state index in [4.69, 9.17) is 6.42 Å². The number of hydrogen-bond acceptors (Lipinski definition) is 4. The molecule has 1 aromatic heterocycles. The monoisotopic (exact) mass is 353 g/mol. The summed E-state index contributed by atoms with van der Waals surface area (Å²) in [5, 5.41) is 3.55. The molecule has 130 valence electrons. The molecule has 5 heteroatoms. The van der Waals surface area contributed by atoms with Crippen molar-refractivity contribution < 1.29 is 4.79 Å². The van der Waals surface area contributed by atoms with Crippen LogP contribution in [-0.2, 0) is 4.79 Å². The lowest BCUT2D eigenvalue weighted by Crippen LogP contribution is -2.47. The number of hydrogen-bond donors (Lipinski definition) is 1. The minimum absolute atomic E-state index is 0.0991. The molecule has 0 atom stereocenters. The molecule has 0 aliphatic carbocycles. The van der Waals surface area contributed by atoms with Crippen molar-refractivity contribution in [1.82, 2.24) is 15.3 Å². The van der Waals surface area contributed by atoms with E-state index in [0.29, 0.717) is 18.0 Å². The van der Waals surface area contributed by atoms with Gasteiger partial charge in [-0.3, -0.25) is 4.79 Å². The first-order valence-electron chi connectivity index (χ1n) is 8.34. The first-order chi connectivity index (χ1) is 12.0. The van der Waals surface area contributed by atoms with Crippen LogP contribution >= 0.6 is 11.8 Å². The van der Waals surface area contributed by atoms with Crippen molar-refractivity contribution in [3.8, 4) is 23.6 Å². The summed E-state index contributed by atoms with van der Waals surface area (Å²) in [7, 11) is 0. The summed E-state index contributed by atoms with van der Waals surface area (Å²) in [6.07, 6.45) is 7.00. The Kier molecular flexibility index (Phi) is 6.60. The number of nitrogens with one attached hydrogen (secondary N) is 1. The Morgan fingerprint density at radius 3 is 2.52 bits per heavy atom. The topological polar surface area (TPSA) is 54.9 Å². The van der Waals surface area contributed by atoms with Gasteiger partial charge in [0.2, 0.25) is 5.91 Å². The second-order valence-corrected chi connectivity index (χ2v) is 6.76. The molecule has 1 N–H and O–H groups in total. The highest BCUT2D eigenvalue weighted by molar-refractivity contribution is 7.99. The zero-order valence-corrected chi connectivity index (χ0v) is 15.7. The lowest BCUT2D eigenvalue weighted by molar-refractivity contribution is -0.119. The number of amides is 1. The summed E-state index contributed by atoms with van der Waals surface area (Å²) >= 11 is 1.32. The zero-order valence-electron chi connectivity index (χ0n) is 14.9. The third-order valence-electron chi connectivity index (χ3n) is 4.10. The zero-order chi connectivity index (χ0) is 18.3. The van der Waals surface area contributed by atoms with Gasteiger partial charge in [0.1, 0.15) is 5.54 Å². The van der Waals surface area contributed by atoms with Crippen LogP contribution in [0.1, 0.15) is 32.4 Å². The maximum atomic E-state index is 12.3. The normalized spacial score (nSPS) is 11.0. The largest absolute Gasteiger partial charge is 0.339 e. The van der Waals surface area contributed by atoms with E-state index in [9.17, 15) is 4.79 Å². The molecule has 25 heavy (non-hydrogen) atoms. The fraction of sp³-hybridized carbons (Fsp3) is 0.350. The van der Waals surface area contributed by atoms with Crippen LogP contribution in [0.25, 0.3) is 11.3 Å². The smallest absolute Gasteiger partial charge is 0.231 e. The Morgan fingerprint density at radius 1 is 1.24 bits per heavy atom. The van der Waals surface area contributed by atoms with E-state index in [1.165, 1.54) is 11.8 Å². The Labute approximate surface area is 153 Å². The van der Waals surface area contributed by atoms with Gasteiger partial charge in [-0.2, -0.15) is 0 Å². The van der Waals surface area contributed by atoms with Gasteiger partial charge in [0.15, 0.2) is 5.16 Å². The number of terminal acetylenes is 1. The van der Waals surface area contributed by atoms with Crippen molar-refractivity contribution in [3.05, 3.63) is 42.1 Å². The van der Waals surface area contributed by atoms with Crippen molar-refractivity contribution in [2.45, 2.75) is 44.3 Å². The van der Waals surface area contributed by atoms with Crippen LogP contribution < -0.4 is 5.32 Å². The molecule has 0 spiro atoms. The summed E-state index contributed by atoms with van der Waals surface area (Å²) in [6, 6.07) is 11.9. The van der Waals surface area contributed by atoms with Crippen LogP contribution in [0, 0.1) is 19.3 Å². The highest BCUT2D eigenvalue weighted by Crippen LogP contribution is 2.22. The van der Waals surface area contributed by atoms with Crippen LogP contribution in [0.5, 0.6) is 0 Å². The second kappa shape index (κ2) is 8.68. The highest BCUT2D eigenvalue weighted by atomic mass is 32.2. The number of rotatable bonds is 7. The molecule has 0 fully saturated rings. The Morgan fingerprint density at radius 2 is 1.92 bits per heavy atom. The first kappa shape index (κ1) is 19.0. The van der Waals surface area contributed by atoms with Gasteiger partial charge in [-0.05, 0) is 25.8 Å². The van der Waals surface area contributed by atoms with E-state index >= 15 is 0 Å². The van der Waals surface area contributed by atoms with Crippen molar-refractivity contribution in [2.24, 2.45) is 0 Å². The molecular weight excluding hydrogens is 330 g/mol. The molecule has 0 aliphatic rings. The molecule has 0 bridgehead atoms. The third kappa shape index (κ3) is 5.07. The predicted octanol–water partition coefficient (Wildman–Crippen LogP) is 3.85. The summed E-state index contributed by atoms with van der Waals surface area (Å²) in [5.41, 5.74) is 2.19. The van der Waals surface area contributed by atoms with E-state index in [2.05, 4.69) is 21.2 Å². The number of aryl methyl sites for hydroxylation is 1. The lowest BCUT2D eigenvalue weighted by atomic mass is 9.94. The van der Waals surface area contributed by atoms with Gasteiger partial charge in [0.05, 0.1) is 11.4 Å². The molecule has 0 saturated heterocycles. The molecule has 2 aromatic rings. The van der Waals surface area contributed by atoms with Crippen molar-refractivity contribution in [3.63, 3.8) is 0 Å². The highest BCUT2D eigenvalue weighted by Gasteiger charge is 2.25. The quantitative estimate of drug-likeness (QED) is 0.467. The maximum Gasteiger partial charge on any atom is 0.231 e. The Hall–Kier alpha value is -2.32. The van der Waals surface area contributed by atoms with Gasteiger partial charge in [-0.1, -0.05) is 61.9 Å². The summed E-state index contributed by atoms with van der Waals surface area (Å²) in [4.78, 5) is 21.2. The summed E-state index contributed by atoms with van der Waals surface area (Å²) < 4.78 is 0. The summed E-state index contributed by atoms with van der Waals surface area (Å²) in [6.45, 7) is 5.88. The molecule has 1 amide bonds. The lowest BCUT2D eigenvalue weighted by Gasteiger charge is -2.26. The van der Waals surface area contributed by atoms with E-state index < -0.39 is 5.54 Å².